The molecule has 0 spiro atoms. The molecule has 7 nitrogen and oxygen atoms in total. The van der Waals surface area contributed by atoms with Gasteiger partial charge in [-0.05, 0) is 43.2 Å². The predicted octanol–water partition coefficient (Wildman–Crippen LogP) is 4.00. The number of halogens is 1. The number of nitrogens with zero attached hydrogens (tertiary/aromatic N) is 3. The summed E-state index contributed by atoms with van der Waals surface area (Å²) < 4.78 is 11.3. The fraction of sp³-hybridized carbons (Fsp3) is 0.550. The minimum absolute atomic E-state index is 0. The highest BCUT2D eigenvalue weighted by molar-refractivity contribution is 14.0. The molecule has 1 aliphatic carbocycles. The van der Waals surface area contributed by atoms with Crippen molar-refractivity contribution in [1.29, 1.82) is 0 Å². The molecule has 0 saturated heterocycles. The third-order valence-corrected chi connectivity index (χ3v) is 4.67. The number of hydrogen-bond donors (Lipinski definition) is 2. The Morgan fingerprint density at radius 2 is 2.00 bits per heavy atom. The highest BCUT2D eigenvalue weighted by atomic mass is 127. The second kappa shape index (κ2) is 11.2. The summed E-state index contributed by atoms with van der Waals surface area (Å²) in [6, 6.07) is 5.94. The first-order valence-electron chi connectivity index (χ1n) is 9.65. The largest absolute Gasteiger partial charge is 0.474 e. The molecule has 1 aliphatic rings. The lowest BCUT2D eigenvalue weighted by molar-refractivity contribution is 0.201. The maximum absolute atomic E-state index is 5.97. The molecule has 2 aromatic heterocycles. The topological polar surface area (TPSA) is 84.6 Å². The SMILES string of the molecule is CN=C(NCc1ccnc(OC2CCCC2)c1)NCc1cc(C(C)C)no1.I. The molecule has 2 heterocycles. The summed E-state index contributed by atoms with van der Waals surface area (Å²) >= 11 is 0. The van der Waals surface area contributed by atoms with Crippen LogP contribution in [0.15, 0.2) is 33.9 Å². The lowest BCUT2D eigenvalue weighted by atomic mass is 10.1. The Bertz CT molecular complexity index is 757. The molecule has 0 atom stereocenters. The summed E-state index contributed by atoms with van der Waals surface area (Å²) in [6.07, 6.45) is 6.85. The van der Waals surface area contributed by atoms with Crippen LogP contribution in [0.1, 0.15) is 62.5 Å². The van der Waals surface area contributed by atoms with Crippen molar-refractivity contribution in [2.75, 3.05) is 7.05 Å². The Balaban J connectivity index is 0.00000280. The van der Waals surface area contributed by atoms with Crippen LogP contribution in [-0.2, 0) is 13.1 Å². The van der Waals surface area contributed by atoms with Gasteiger partial charge in [-0.1, -0.05) is 19.0 Å². The highest BCUT2D eigenvalue weighted by Crippen LogP contribution is 2.23. The van der Waals surface area contributed by atoms with Crippen molar-refractivity contribution < 1.29 is 9.26 Å². The van der Waals surface area contributed by atoms with Crippen LogP contribution in [0.2, 0.25) is 0 Å². The van der Waals surface area contributed by atoms with Crippen molar-refractivity contribution in [2.24, 2.45) is 4.99 Å². The Hall–Kier alpha value is -1.84. The standard InChI is InChI=1S/C20H29N5O2.HI/c1-14(2)18-11-17(27-25-18)13-24-20(21-3)23-12-15-8-9-22-19(10-15)26-16-6-4-5-7-16;/h8-11,14,16H,4-7,12-13H2,1-3H3,(H2,21,23,24);1H. The van der Waals surface area contributed by atoms with Gasteiger partial charge in [-0.15, -0.1) is 24.0 Å². The van der Waals surface area contributed by atoms with Gasteiger partial charge in [0.2, 0.25) is 5.88 Å². The molecular weight excluding hydrogens is 469 g/mol. The number of rotatable bonds is 7. The van der Waals surface area contributed by atoms with Crippen molar-refractivity contribution in [3.63, 3.8) is 0 Å². The number of ether oxygens (including phenoxy) is 1. The molecule has 0 amide bonds. The quantitative estimate of drug-likeness (QED) is 0.341. The molecule has 0 radical (unpaired) electrons. The van der Waals surface area contributed by atoms with E-state index in [0.29, 0.717) is 37.0 Å². The van der Waals surface area contributed by atoms with Gasteiger partial charge in [-0.3, -0.25) is 4.99 Å². The molecule has 8 heteroatoms. The van der Waals surface area contributed by atoms with E-state index in [0.717, 1.165) is 29.9 Å². The fourth-order valence-corrected chi connectivity index (χ4v) is 3.06. The van der Waals surface area contributed by atoms with E-state index in [9.17, 15) is 0 Å². The average molecular weight is 499 g/mol. The summed E-state index contributed by atoms with van der Waals surface area (Å²) in [6.45, 7) is 5.35. The number of pyridine rings is 1. The molecule has 154 valence electrons. The third kappa shape index (κ3) is 6.65. The highest BCUT2D eigenvalue weighted by Gasteiger charge is 2.17. The molecular formula is C20H30IN5O2. The first kappa shape index (κ1) is 22.4. The summed E-state index contributed by atoms with van der Waals surface area (Å²) in [7, 11) is 1.75. The summed E-state index contributed by atoms with van der Waals surface area (Å²) in [4.78, 5) is 8.58. The zero-order chi connectivity index (χ0) is 19.1. The molecule has 2 N–H and O–H groups in total. The molecule has 1 fully saturated rings. The number of guanidine groups is 1. The normalized spacial score (nSPS) is 14.8. The van der Waals surface area contributed by atoms with Crippen LogP contribution in [0, 0.1) is 0 Å². The smallest absolute Gasteiger partial charge is 0.213 e. The van der Waals surface area contributed by atoms with Gasteiger partial charge in [0.15, 0.2) is 11.7 Å². The maximum atomic E-state index is 5.97. The van der Waals surface area contributed by atoms with Gasteiger partial charge in [0.1, 0.15) is 6.10 Å². The van der Waals surface area contributed by atoms with Gasteiger partial charge in [0.25, 0.3) is 0 Å². The maximum Gasteiger partial charge on any atom is 0.213 e. The minimum Gasteiger partial charge on any atom is -0.474 e. The molecule has 0 aliphatic heterocycles. The van der Waals surface area contributed by atoms with E-state index >= 15 is 0 Å². The molecule has 0 aromatic carbocycles. The Morgan fingerprint density at radius 1 is 1.25 bits per heavy atom. The molecule has 1 saturated carbocycles. The van der Waals surface area contributed by atoms with Crippen molar-refractivity contribution in [3.8, 4) is 5.88 Å². The zero-order valence-corrected chi connectivity index (χ0v) is 19.1. The van der Waals surface area contributed by atoms with Gasteiger partial charge >= 0.3 is 0 Å². The number of nitrogens with one attached hydrogen (secondary N) is 2. The van der Waals surface area contributed by atoms with Crippen molar-refractivity contribution in [2.45, 2.75) is 64.6 Å². The molecule has 2 aromatic rings. The van der Waals surface area contributed by atoms with Crippen LogP contribution < -0.4 is 15.4 Å². The third-order valence-electron chi connectivity index (χ3n) is 4.67. The van der Waals surface area contributed by atoms with Gasteiger partial charge in [-0.2, -0.15) is 0 Å². The van der Waals surface area contributed by atoms with E-state index in [1.807, 2.05) is 18.2 Å². The van der Waals surface area contributed by atoms with Gasteiger partial charge in [-0.25, -0.2) is 4.98 Å². The molecule has 3 rings (SSSR count). The van der Waals surface area contributed by atoms with Crippen LogP contribution in [-0.4, -0.2) is 29.3 Å². The monoisotopic (exact) mass is 499 g/mol. The number of aliphatic imine (C=N–C) groups is 1. The van der Waals surface area contributed by atoms with Crippen molar-refractivity contribution in [1.82, 2.24) is 20.8 Å². The van der Waals surface area contributed by atoms with E-state index < -0.39 is 0 Å². The van der Waals surface area contributed by atoms with Crippen LogP contribution in [0.3, 0.4) is 0 Å². The Kier molecular flexibility index (Phi) is 9.01. The van der Waals surface area contributed by atoms with Crippen LogP contribution in [0.4, 0.5) is 0 Å². The lowest BCUT2D eigenvalue weighted by Crippen LogP contribution is -2.36. The molecule has 28 heavy (non-hydrogen) atoms. The Labute approximate surface area is 183 Å². The second-order valence-corrected chi connectivity index (χ2v) is 7.18. The van der Waals surface area contributed by atoms with Crippen molar-refractivity contribution in [3.05, 3.63) is 41.4 Å². The summed E-state index contributed by atoms with van der Waals surface area (Å²) in [5.41, 5.74) is 2.06. The van der Waals surface area contributed by atoms with E-state index in [1.165, 1.54) is 12.8 Å². The summed E-state index contributed by atoms with van der Waals surface area (Å²) in [5, 5.41) is 10.6. The summed E-state index contributed by atoms with van der Waals surface area (Å²) in [5.74, 6) is 2.55. The van der Waals surface area contributed by atoms with E-state index in [1.54, 1.807) is 13.2 Å². The van der Waals surface area contributed by atoms with Gasteiger partial charge in [0.05, 0.1) is 12.2 Å². The average Bonchev–Trinajstić information content (AvgIpc) is 3.34. The van der Waals surface area contributed by atoms with Crippen LogP contribution in [0.25, 0.3) is 0 Å². The number of hydrogen-bond acceptors (Lipinski definition) is 5. The zero-order valence-electron chi connectivity index (χ0n) is 16.8. The first-order valence-corrected chi connectivity index (χ1v) is 9.65. The van der Waals surface area contributed by atoms with Crippen LogP contribution >= 0.6 is 24.0 Å². The predicted molar refractivity (Wildman–Crippen MR) is 120 cm³/mol. The Morgan fingerprint density at radius 3 is 2.68 bits per heavy atom. The van der Waals surface area contributed by atoms with E-state index in [4.69, 9.17) is 9.26 Å². The fourth-order valence-electron chi connectivity index (χ4n) is 3.06. The molecule has 0 bridgehead atoms. The van der Waals surface area contributed by atoms with Gasteiger partial charge < -0.3 is 19.9 Å². The second-order valence-electron chi connectivity index (χ2n) is 7.18. The van der Waals surface area contributed by atoms with E-state index in [2.05, 4.69) is 39.6 Å². The first-order chi connectivity index (χ1) is 13.1. The minimum atomic E-state index is 0. The lowest BCUT2D eigenvalue weighted by Gasteiger charge is -2.14. The van der Waals surface area contributed by atoms with E-state index in [-0.39, 0.29) is 24.0 Å². The van der Waals surface area contributed by atoms with Crippen LogP contribution in [0.5, 0.6) is 5.88 Å². The van der Waals surface area contributed by atoms with Gasteiger partial charge in [0, 0.05) is 31.9 Å². The van der Waals surface area contributed by atoms with Crippen molar-refractivity contribution >= 4 is 29.9 Å². The molecule has 0 unspecified atom stereocenters. The number of aromatic nitrogens is 2.